The SMILES string of the molecule is CC1CCN(S(=O)(=O)c2cc(C(=O)O)cs2)c2ccccc21. The maximum Gasteiger partial charge on any atom is 0.336 e. The molecule has 1 atom stereocenters. The van der Waals surface area contributed by atoms with Crippen LogP contribution in [-0.2, 0) is 10.0 Å². The fourth-order valence-electron chi connectivity index (χ4n) is 2.64. The molecule has 1 aromatic carbocycles. The zero-order chi connectivity index (χ0) is 15.9. The Morgan fingerprint density at radius 3 is 2.77 bits per heavy atom. The number of hydrogen-bond acceptors (Lipinski definition) is 4. The van der Waals surface area contributed by atoms with Crippen LogP contribution in [0.4, 0.5) is 5.69 Å². The monoisotopic (exact) mass is 337 g/mol. The Hall–Kier alpha value is -1.86. The van der Waals surface area contributed by atoms with Crippen molar-refractivity contribution in [2.75, 3.05) is 10.8 Å². The molecule has 3 rings (SSSR count). The lowest BCUT2D eigenvalue weighted by molar-refractivity contribution is 0.0697. The molecule has 0 radical (unpaired) electrons. The van der Waals surface area contributed by atoms with Crippen molar-refractivity contribution in [3.8, 4) is 0 Å². The summed E-state index contributed by atoms with van der Waals surface area (Å²) in [6.07, 6.45) is 0.743. The first-order chi connectivity index (χ1) is 10.4. The first-order valence-corrected chi connectivity index (χ1v) is 9.16. The minimum absolute atomic E-state index is 0.00207. The molecule has 1 N–H and O–H groups in total. The summed E-state index contributed by atoms with van der Waals surface area (Å²) in [7, 11) is -3.72. The normalized spacial score (nSPS) is 18.0. The molecular formula is C15H15NO4S2. The van der Waals surface area contributed by atoms with Gasteiger partial charge in [0, 0.05) is 11.9 Å². The van der Waals surface area contributed by atoms with Crippen LogP contribution in [0.5, 0.6) is 0 Å². The fraction of sp³-hybridized carbons (Fsp3) is 0.267. The van der Waals surface area contributed by atoms with Crippen molar-refractivity contribution in [3.63, 3.8) is 0 Å². The van der Waals surface area contributed by atoms with Crippen LogP contribution in [0, 0.1) is 0 Å². The van der Waals surface area contributed by atoms with Gasteiger partial charge in [-0.25, -0.2) is 13.2 Å². The van der Waals surface area contributed by atoms with Crippen molar-refractivity contribution in [3.05, 3.63) is 46.8 Å². The van der Waals surface area contributed by atoms with Gasteiger partial charge in [-0.1, -0.05) is 25.1 Å². The fourth-order valence-corrected chi connectivity index (χ4v) is 5.41. The van der Waals surface area contributed by atoms with E-state index >= 15 is 0 Å². The second kappa shape index (κ2) is 5.40. The number of carboxylic acids is 1. The molecule has 1 aliphatic rings. The lowest BCUT2D eigenvalue weighted by Gasteiger charge is -2.33. The molecule has 0 spiro atoms. The lowest BCUT2D eigenvalue weighted by atomic mass is 9.93. The first kappa shape index (κ1) is 15.1. The van der Waals surface area contributed by atoms with Gasteiger partial charge in [-0.15, -0.1) is 11.3 Å². The maximum atomic E-state index is 12.8. The van der Waals surface area contributed by atoms with Gasteiger partial charge in [0.1, 0.15) is 4.21 Å². The highest BCUT2D eigenvalue weighted by Crippen LogP contribution is 2.38. The predicted octanol–water partition coefficient (Wildman–Crippen LogP) is 3.15. The van der Waals surface area contributed by atoms with Crippen molar-refractivity contribution >= 4 is 33.0 Å². The molecule has 1 aliphatic heterocycles. The highest BCUT2D eigenvalue weighted by Gasteiger charge is 2.32. The molecule has 1 aromatic heterocycles. The molecule has 0 saturated heterocycles. The average Bonchev–Trinajstić information content (AvgIpc) is 2.98. The first-order valence-electron chi connectivity index (χ1n) is 6.85. The number of carbonyl (C=O) groups is 1. The van der Waals surface area contributed by atoms with Crippen LogP contribution in [0.3, 0.4) is 0 Å². The van der Waals surface area contributed by atoms with Gasteiger partial charge in [-0.2, -0.15) is 0 Å². The number of anilines is 1. The summed E-state index contributed by atoms with van der Waals surface area (Å²) in [6.45, 7) is 2.48. The highest BCUT2D eigenvalue weighted by molar-refractivity contribution is 7.94. The summed E-state index contributed by atoms with van der Waals surface area (Å²) in [4.78, 5) is 11.0. The van der Waals surface area contributed by atoms with E-state index in [9.17, 15) is 13.2 Å². The number of benzene rings is 1. The molecule has 0 bridgehead atoms. The lowest BCUT2D eigenvalue weighted by Crippen LogP contribution is -2.35. The molecule has 0 amide bonds. The van der Waals surface area contributed by atoms with Gasteiger partial charge < -0.3 is 5.11 Å². The van der Waals surface area contributed by atoms with Crippen LogP contribution >= 0.6 is 11.3 Å². The average molecular weight is 337 g/mol. The molecule has 1 unspecified atom stereocenters. The topological polar surface area (TPSA) is 74.7 Å². The van der Waals surface area contributed by atoms with E-state index in [2.05, 4.69) is 6.92 Å². The number of hydrogen-bond donors (Lipinski definition) is 1. The quantitative estimate of drug-likeness (QED) is 0.933. The van der Waals surface area contributed by atoms with Crippen molar-refractivity contribution in [2.45, 2.75) is 23.5 Å². The van der Waals surface area contributed by atoms with E-state index in [1.165, 1.54) is 15.8 Å². The molecule has 0 fully saturated rings. The number of sulfonamides is 1. The van der Waals surface area contributed by atoms with Gasteiger partial charge in [-0.3, -0.25) is 4.31 Å². The third kappa shape index (κ3) is 2.40. The number of nitrogens with zero attached hydrogens (tertiary/aromatic N) is 1. The minimum atomic E-state index is -3.72. The van der Waals surface area contributed by atoms with E-state index in [1.54, 1.807) is 6.07 Å². The maximum absolute atomic E-state index is 12.8. The Balaban J connectivity index is 2.06. The van der Waals surface area contributed by atoms with E-state index in [0.29, 0.717) is 18.2 Å². The number of thiophene rings is 1. The predicted molar refractivity (Wildman–Crippen MR) is 85.3 cm³/mol. The largest absolute Gasteiger partial charge is 0.478 e. The van der Waals surface area contributed by atoms with Crippen molar-refractivity contribution < 1.29 is 18.3 Å². The number of para-hydroxylation sites is 1. The number of carboxylic acid groups (broad SMARTS) is 1. The number of fused-ring (bicyclic) bond motifs is 1. The third-order valence-corrected chi connectivity index (χ3v) is 7.10. The Morgan fingerprint density at radius 2 is 2.09 bits per heavy atom. The van der Waals surface area contributed by atoms with Gasteiger partial charge in [-0.05, 0) is 30.0 Å². The molecule has 0 saturated carbocycles. The van der Waals surface area contributed by atoms with Crippen LogP contribution in [0.15, 0.2) is 39.9 Å². The van der Waals surface area contributed by atoms with E-state index in [0.717, 1.165) is 23.3 Å². The van der Waals surface area contributed by atoms with Crippen LogP contribution in [0.25, 0.3) is 0 Å². The summed E-state index contributed by atoms with van der Waals surface area (Å²) in [6, 6.07) is 8.69. The van der Waals surface area contributed by atoms with E-state index in [-0.39, 0.29) is 9.77 Å². The van der Waals surface area contributed by atoms with E-state index in [4.69, 9.17) is 5.11 Å². The molecule has 0 aliphatic carbocycles. The number of rotatable bonds is 3. The summed E-state index contributed by atoms with van der Waals surface area (Å²) < 4.78 is 27.1. The van der Waals surface area contributed by atoms with Crippen molar-refractivity contribution in [1.82, 2.24) is 0 Å². The second-order valence-electron chi connectivity index (χ2n) is 5.29. The van der Waals surface area contributed by atoms with Gasteiger partial charge >= 0.3 is 5.97 Å². The number of aromatic carboxylic acids is 1. The van der Waals surface area contributed by atoms with Gasteiger partial charge in [0.2, 0.25) is 0 Å². The van der Waals surface area contributed by atoms with E-state index < -0.39 is 16.0 Å². The third-order valence-electron chi connectivity index (χ3n) is 3.87. The standard InChI is InChI=1S/C15H15NO4S2/c1-10-6-7-16(13-5-3-2-4-12(10)13)22(19,20)14-8-11(9-21-14)15(17)18/h2-5,8-10H,6-7H2,1H3,(H,17,18). The summed E-state index contributed by atoms with van der Waals surface area (Å²) >= 11 is 0.943. The van der Waals surface area contributed by atoms with Gasteiger partial charge in [0.25, 0.3) is 10.0 Å². The van der Waals surface area contributed by atoms with Crippen LogP contribution in [-0.4, -0.2) is 26.0 Å². The van der Waals surface area contributed by atoms with Crippen LogP contribution in [0.2, 0.25) is 0 Å². The minimum Gasteiger partial charge on any atom is -0.478 e. The van der Waals surface area contributed by atoms with Crippen molar-refractivity contribution in [1.29, 1.82) is 0 Å². The molecule has 116 valence electrons. The van der Waals surface area contributed by atoms with Crippen LogP contribution in [0.1, 0.15) is 35.2 Å². The zero-order valence-corrected chi connectivity index (χ0v) is 13.5. The van der Waals surface area contributed by atoms with Crippen LogP contribution < -0.4 is 4.31 Å². The van der Waals surface area contributed by atoms with Gasteiger partial charge in [0.05, 0.1) is 11.3 Å². The summed E-state index contributed by atoms with van der Waals surface area (Å²) in [5.74, 6) is -0.814. The molecule has 2 aromatic rings. The van der Waals surface area contributed by atoms with Gasteiger partial charge in [0.15, 0.2) is 0 Å². The molecular weight excluding hydrogens is 322 g/mol. The Labute approximate surface area is 132 Å². The smallest absolute Gasteiger partial charge is 0.336 e. The highest BCUT2D eigenvalue weighted by atomic mass is 32.2. The Bertz CT molecular complexity index is 826. The zero-order valence-electron chi connectivity index (χ0n) is 11.9. The Morgan fingerprint density at radius 1 is 1.36 bits per heavy atom. The van der Waals surface area contributed by atoms with Crippen molar-refractivity contribution in [2.24, 2.45) is 0 Å². The molecule has 2 heterocycles. The second-order valence-corrected chi connectivity index (χ2v) is 8.29. The van der Waals surface area contributed by atoms with E-state index in [1.807, 2.05) is 18.2 Å². The Kier molecular flexibility index (Phi) is 3.70. The summed E-state index contributed by atoms with van der Waals surface area (Å²) in [5.41, 5.74) is 1.70. The molecule has 7 heteroatoms. The molecule has 5 nitrogen and oxygen atoms in total. The molecule has 22 heavy (non-hydrogen) atoms. The summed E-state index contributed by atoms with van der Waals surface area (Å²) in [5, 5.41) is 10.3.